The molecule has 2 aromatic heterocycles. The van der Waals surface area contributed by atoms with E-state index in [2.05, 4.69) is 15.1 Å². The fourth-order valence-electron chi connectivity index (χ4n) is 3.30. The highest BCUT2D eigenvalue weighted by Gasteiger charge is 2.27. The molecule has 4 rings (SSSR count). The number of aromatic nitrogens is 4. The summed E-state index contributed by atoms with van der Waals surface area (Å²) in [7, 11) is 2.58. The molecule has 12 heteroatoms. The van der Waals surface area contributed by atoms with Crippen LogP contribution in [0.1, 0.15) is 16.2 Å². The van der Waals surface area contributed by atoms with Crippen molar-refractivity contribution < 1.29 is 32.0 Å². The third-order valence-electron chi connectivity index (χ3n) is 4.82. The molecule has 1 amide bonds. The van der Waals surface area contributed by atoms with Gasteiger partial charge in [-0.2, -0.15) is 4.98 Å². The summed E-state index contributed by atoms with van der Waals surface area (Å²) in [6, 6.07) is 8.37. The Balaban J connectivity index is 1.75. The van der Waals surface area contributed by atoms with Crippen LogP contribution in [0.15, 0.2) is 41.2 Å². The van der Waals surface area contributed by atoms with E-state index in [9.17, 15) is 18.0 Å². The number of hydrogen-bond donors (Lipinski definition) is 1. The molecule has 4 aromatic rings. The number of nitrogens with zero attached hydrogens (tertiary/aromatic N) is 4. The highest BCUT2D eigenvalue weighted by Crippen LogP contribution is 2.34. The number of imidazole rings is 1. The SMILES string of the molecule is COc1cc(-n2cnc3cc(-c4noc(C)n4)ccc32)cc(OC)c1C(=O)NC(F)C(F)F. The van der Waals surface area contributed by atoms with Crippen molar-refractivity contribution in [2.45, 2.75) is 19.6 Å². The van der Waals surface area contributed by atoms with Crippen LogP contribution in [-0.4, -0.2) is 52.5 Å². The fourth-order valence-corrected chi connectivity index (χ4v) is 3.30. The number of benzene rings is 2. The lowest BCUT2D eigenvalue weighted by Crippen LogP contribution is -2.36. The summed E-state index contributed by atoms with van der Waals surface area (Å²) in [4.78, 5) is 21.0. The van der Waals surface area contributed by atoms with E-state index in [0.717, 1.165) is 0 Å². The van der Waals surface area contributed by atoms with Gasteiger partial charge in [-0.3, -0.25) is 9.36 Å². The van der Waals surface area contributed by atoms with E-state index in [-0.39, 0.29) is 17.1 Å². The maximum atomic E-state index is 13.4. The first-order chi connectivity index (χ1) is 15.8. The van der Waals surface area contributed by atoms with Gasteiger partial charge in [-0.25, -0.2) is 18.2 Å². The van der Waals surface area contributed by atoms with Crippen LogP contribution in [0.25, 0.3) is 28.1 Å². The van der Waals surface area contributed by atoms with Crippen LogP contribution in [0.4, 0.5) is 13.2 Å². The van der Waals surface area contributed by atoms with Crippen LogP contribution in [0.5, 0.6) is 11.5 Å². The van der Waals surface area contributed by atoms with Crippen molar-refractivity contribution in [2.24, 2.45) is 0 Å². The predicted octanol–water partition coefficient (Wildman–Crippen LogP) is 3.69. The molecular formula is C21H18F3N5O4. The van der Waals surface area contributed by atoms with Gasteiger partial charge in [0.2, 0.25) is 18.0 Å². The van der Waals surface area contributed by atoms with Crippen LogP contribution in [0.2, 0.25) is 0 Å². The number of carbonyl (C=O) groups is 1. The number of amides is 1. The van der Waals surface area contributed by atoms with E-state index in [1.54, 1.807) is 41.3 Å². The second kappa shape index (κ2) is 8.81. The number of halogens is 3. The summed E-state index contributed by atoms with van der Waals surface area (Å²) in [5.74, 6) is -0.226. The molecule has 0 radical (unpaired) electrons. The van der Waals surface area contributed by atoms with Gasteiger partial charge < -0.3 is 19.3 Å². The molecule has 0 aliphatic heterocycles. The maximum Gasteiger partial charge on any atom is 0.287 e. The summed E-state index contributed by atoms with van der Waals surface area (Å²) < 4.78 is 55.7. The Kier molecular flexibility index (Phi) is 5.90. The molecule has 0 saturated heterocycles. The number of hydrogen-bond acceptors (Lipinski definition) is 7. The molecule has 2 aromatic carbocycles. The number of methoxy groups -OCH3 is 2. The third kappa shape index (κ3) is 4.19. The predicted molar refractivity (Wildman–Crippen MR) is 111 cm³/mol. The van der Waals surface area contributed by atoms with E-state index in [4.69, 9.17) is 14.0 Å². The lowest BCUT2D eigenvalue weighted by atomic mass is 10.1. The molecule has 9 nitrogen and oxygen atoms in total. The smallest absolute Gasteiger partial charge is 0.287 e. The second-order valence-corrected chi connectivity index (χ2v) is 6.89. The number of ether oxygens (including phenoxy) is 2. The first kappa shape index (κ1) is 22.1. The first-order valence-electron chi connectivity index (χ1n) is 9.59. The summed E-state index contributed by atoms with van der Waals surface area (Å²) in [5, 5.41) is 5.49. The van der Waals surface area contributed by atoms with Crippen LogP contribution in [0.3, 0.4) is 0 Å². The quantitative estimate of drug-likeness (QED) is 0.419. The second-order valence-electron chi connectivity index (χ2n) is 6.89. The zero-order valence-electron chi connectivity index (χ0n) is 17.7. The minimum absolute atomic E-state index is 0.00376. The number of fused-ring (bicyclic) bond motifs is 1. The largest absolute Gasteiger partial charge is 0.496 e. The van der Waals surface area contributed by atoms with Crippen molar-refractivity contribution in [3.63, 3.8) is 0 Å². The molecule has 0 fully saturated rings. The number of nitrogens with one attached hydrogen (secondary N) is 1. The molecule has 1 unspecified atom stereocenters. The lowest BCUT2D eigenvalue weighted by molar-refractivity contribution is 0.0285. The minimum Gasteiger partial charge on any atom is -0.496 e. The first-order valence-corrected chi connectivity index (χ1v) is 9.59. The number of rotatable bonds is 7. The molecule has 0 aliphatic carbocycles. The van der Waals surface area contributed by atoms with Crippen LogP contribution in [-0.2, 0) is 0 Å². The van der Waals surface area contributed by atoms with Gasteiger partial charge in [-0.15, -0.1) is 0 Å². The van der Waals surface area contributed by atoms with Crippen molar-refractivity contribution in [1.29, 1.82) is 0 Å². The Morgan fingerprint density at radius 2 is 1.82 bits per heavy atom. The molecule has 0 saturated carbocycles. The summed E-state index contributed by atoms with van der Waals surface area (Å²) in [6.07, 6.45) is -4.65. The fraction of sp³-hybridized carbons (Fsp3) is 0.238. The van der Waals surface area contributed by atoms with E-state index >= 15 is 0 Å². The minimum atomic E-state index is -3.37. The van der Waals surface area contributed by atoms with E-state index in [0.29, 0.717) is 34.0 Å². The summed E-state index contributed by atoms with van der Waals surface area (Å²) in [6.45, 7) is 1.69. The summed E-state index contributed by atoms with van der Waals surface area (Å²) >= 11 is 0. The average molecular weight is 461 g/mol. The van der Waals surface area contributed by atoms with E-state index in [1.165, 1.54) is 26.4 Å². The average Bonchev–Trinajstić information content (AvgIpc) is 3.43. The third-order valence-corrected chi connectivity index (χ3v) is 4.82. The molecule has 172 valence electrons. The summed E-state index contributed by atoms with van der Waals surface area (Å²) in [5.41, 5.74) is 2.35. The van der Waals surface area contributed by atoms with Crippen LogP contribution < -0.4 is 14.8 Å². The molecular weight excluding hydrogens is 443 g/mol. The van der Waals surface area contributed by atoms with Crippen LogP contribution >= 0.6 is 0 Å². The normalized spacial score (nSPS) is 12.2. The van der Waals surface area contributed by atoms with Crippen molar-refractivity contribution in [1.82, 2.24) is 25.0 Å². The van der Waals surface area contributed by atoms with Gasteiger partial charge in [0.25, 0.3) is 12.3 Å². The number of alkyl halides is 3. The highest BCUT2D eigenvalue weighted by molar-refractivity contribution is 6.00. The van der Waals surface area contributed by atoms with Gasteiger partial charge in [-0.1, -0.05) is 5.16 Å². The monoisotopic (exact) mass is 461 g/mol. The molecule has 1 N–H and O–H groups in total. The maximum absolute atomic E-state index is 13.4. The Labute approximate surface area is 185 Å². The zero-order valence-corrected chi connectivity index (χ0v) is 17.7. The Morgan fingerprint density at radius 1 is 1.12 bits per heavy atom. The number of aryl methyl sites for hydroxylation is 1. The van der Waals surface area contributed by atoms with Gasteiger partial charge >= 0.3 is 0 Å². The van der Waals surface area contributed by atoms with Gasteiger partial charge in [0.1, 0.15) is 23.4 Å². The molecule has 1 atom stereocenters. The molecule has 33 heavy (non-hydrogen) atoms. The van der Waals surface area contributed by atoms with Gasteiger partial charge in [-0.05, 0) is 18.2 Å². The van der Waals surface area contributed by atoms with Crippen LogP contribution in [0, 0.1) is 6.92 Å². The zero-order chi connectivity index (χ0) is 23.7. The molecule has 0 bridgehead atoms. The highest BCUT2D eigenvalue weighted by atomic mass is 19.3. The van der Waals surface area contributed by atoms with Crippen molar-refractivity contribution in [2.75, 3.05) is 14.2 Å². The van der Waals surface area contributed by atoms with Gasteiger partial charge in [0.05, 0.1) is 30.9 Å². The number of carbonyl (C=O) groups excluding carboxylic acids is 1. The Hall–Kier alpha value is -4.09. The van der Waals surface area contributed by atoms with Crippen molar-refractivity contribution in [3.8, 4) is 28.6 Å². The Morgan fingerprint density at radius 3 is 2.39 bits per heavy atom. The van der Waals surface area contributed by atoms with E-state index < -0.39 is 18.6 Å². The lowest BCUT2D eigenvalue weighted by Gasteiger charge is -2.17. The van der Waals surface area contributed by atoms with Gasteiger partial charge in [0, 0.05) is 24.6 Å². The topological polar surface area (TPSA) is 104 Å². The van der Waals surface area contributed by atoms with Crippen molar-refractivity contribution in [3.05, 3.63) is 48.1 Å². The standard InChI is InChI=1S/C21H18F3N5O4/c1-10-26-20(28-33-10)11-4-5-14-13(6-11)25-9-29(14)12-7-15(31-2)17(16(8-12)32-3)21(30)27-19(24)18(22)23/h4-9,18-19H,1-3H3,(H,27,30). The van der Waals surface area contributed by atoms with E-state index in [1.807, 2.05) is 0 Å². The van der Waals surface area contributed by atoms with Gasteiger partial charge in [0.15, 0.2) is 0 Å². The molecule has 0 spiro atoms. The molecule has 0 aliphatic rings. The Bertz CT molecular complexity index is 1300. The molecule has 2 heterocycles. The van der Waals surface area contributed by atoms with Crippen molar-refractivity contribution >= 4 is 16.9 Å².